The summed E-state index contributed by atoms with van der Waals surface area (Å²) in [4.78, 5) is 5.93. The number of sulfonamides is 1. The Morgan fingerprint density at radius 1 is 1.23 bits per heavy atom. The Hall–Kier alpha value is -1.10. The Bertz CT molecular complexity index is 1080. The van der Waals surface area contributed by atoms with E-state index in [0.717, 1.165) is 16.4 Å². The number of fused-ring (bicyclic) bond motifs is 1. The molecular formula is C18H16FIN2O2S2. The molecule has 0 radical (unpaired) electrons. The lowest BCUT2D eigenvalue weighted by molar-refractivity contribution is 0.478. The van der Waals surface area contributed by atoms with Gasteiger partial charge in [-0.3, -0.25) is 0 Å². The van der Waals surface area contributed by atoms with Crippen LogP contribution in [0.4, 0.5) is 4.39 Å². The Balaban J connectivity index is 1.86. The molecule has 2 aromatic heterocycles. The summed E-state index contributed by atoms with van der Waals surface area (Å²) in [7, 11) is -3.61. The summed E-state index contributed by atoms with van der Waals surface area (Å²) in [6, 6.07) is 8.55. The van der Waals surface area contributed by atoms with Gasteiger partial charge in [-0.15, -0.1) is 11.3 Å². The van der Waals surface area contributed by atoms with E-state index < -0.39 is 10.0 Å². The molecule has 1 fully saturated rings. The van der Waals surface area contributed by atoms with Gasteiger partial charge in [0.1, 0.15) is 15.5 Å². The van der Waals surface area contributed by atoms with E-state index in [1.807, 2.05) is 6.07 Å². The first-order chi connectivity index (χ1) is 12.5. The fourth-order valence-corrected chi connectivity index (χ4v) is 7.07. The lowest BCUT2D eigenvalue weighted by Crippen LogP contribution is -2.28. The highest BCUT2D eigenvalue weighted by atomic mass is 127. The molecule has 3 heterocycles. The second kappa shape index (κ2) is 7.14. The molecule has 1 aliphatic rings. The maximum Gasteiger partial charge on any atom is 0.244 e. The van der Waals surface area contributed by atoms with Gasteiger partial charge in [0.05, 0.1) is 0 Å². The van der Waals surface area contributed by atoms with E-state index in [1.165, 1.54) is 21.7 Å². The van der Waals surface area contributed by atoms with E-state index in [-0.39, 0.29) is 12.2 Å². The highest BCUT2D eigenvalue weighted by Crippen LogP contribution is 2.37. The molecule has 0 aliphatic carbocycles. The summed E-state index contributed by atoms with van der Waals surface area (Å²) >= 11 is 3.39. The predicted octanol–water partition coefficient (Wildman–Crippen LogP) is 4.42. The second-order valence-electron chi connectivity index (χ2n) is 6.23. The molecule has 8 heteroatoms. The quantitative estimate of drug-likeness (QED) is 0.497. The molecule has 4 rings (SSSR count). The van der Waals surface area contributed by atoms with E-state index in [0.29, 0.717) is 38.6 Å². The molecule has 4 nitrogen and oxygen atoms in total. The summed E-state index contributed by atoms with van der Waals surface area (Å²) in [6.45, 7) is 1.08. The van der Waals surface area contributed by atoms with Crippen LogP contribution in [0.5, 0.6) is 0 Å². The average Bonchev–Trinajstić information content (AvgIpc) is 3.25. The summed E-state index contributed by atoms with van der Waals surface area (Å²) in [6.07, 6.45) is 3.65. The van der Waals surface area contributed by atoms with Gasteiger partial charge < -0.3 is 0 Å². The molecule has 1 saturated heterocycles. The van der Waals surface area contributed by atoms with Gasteiger partial charge in [-0.05, 0) is 65.3 Å². The van der Waals surface area contributed by atoms with Crippen molar-refractivity contribution >= 4 is 54.2 Å². The van der Waals surface area contributed by atoms with Crippen LogP contribution in [0.25, 0.3) is 10.2 Å². The summed E-state index contributed by atoms with van der Waals surface area (Å²) in [5, 5.41) is 0.630. The van der Waals surface area contributed by atoms with Crippen molar-refractivity contribution in [2.24, 2.45) is 0 Å². The SMILES string of the molecule is O=S(=O)(c1c(Cc2ccc(I)cc2F)sc2ncccc12)N1CCCC1. The van der Waals surface area contributed by atoms with Gasteiger partial charge in [0.15, 0.2) is 0 Å². The van der Waals surface area contributed by atoms with Gasteiger partial charge in [-0.1, -0.05) is 6.07 Å². The van der Waals surface area contributed by atoms with Crippen LogP contribution in [-0.4, -0.2) is 30.8 Å². The number of benzene rings is 1. The minimum absolute atomic E-state index is 0.242. The zero-order chi connectivity index (χ0) is 18.3. The van der Waals surface area contributed by atoms with Gasteiger partial charge in [-0.25, -0.2) is 17.8 Å². The monoisotopic (exact) mass is 502 g/mol. The summed E-state index contributed by atoms with van der Waals surface area (Å²) in [5.74, 6) is -0.313. The Labute approximate surface area is 169 Å². The molecule has 1 aromatic carbocycles. The molecule has 26 heavy (non-hydrogen) atoms. The van der Waals surface area contributed by atoms with Gasteiger partial charge in [-0.2, -0.15) is 4.31 Å². The van der Waals surface area contributed by atoms with Crippen LogP contribution in [0.1, 0.15) is 23.3 Å². The fraction of sp³-hybridized carbons (Fsp3) is 0.278. The topological polar surface area (TPSA) is 50.3 Å². The van der Waals surface area contributed by atoms with Gasteiger partial charge in [0, 0.05) is 39.5 Å². The van der Waals surface area contributed by atoms with Crippen molar-refractivity contribution < 1.29 is 12.8 Å². The average molecular weight is 502 g/mol. The highest BCUT2D eigenvalue weighted by molar-refractivity contribution is 14.1. The lowest BCUT2D eigenvalue weighted by atomic mass is 10.1. The molecule has 0 bridgehead atoms. The molecule has 0 amide bonds. The van der Waals surface area contributed by atoms with E-state index in [1.54, 1.807) is 24.4 Å². The lowest BCUT2D eigenvalue weighted by Gasteiger charge is -2.16. The number of thiophene rings is 1. The number of nitrogens with zero attached hydrogens (tertiary/aromatic N) is 2. The minimum atomic E-state index is -3.61. The predicted molar refractivity (Wildman–Crippen MR) is 110 cm³/mol. The van der Waals surface area contributed by atoms with Crippen molar-refractivity contribution in [3.8, 4) is 0 Å². The van der Waals surface area contributed by atoms with Crippen LogP contribution in [0.2, 0.25) is 0 Å². The highest BCUT2D eigenvalue weighted by Gasteiger charge is 2.32. The Morgan fingerprint density at radius 2 is 2.00 bits per heavy atom. The zero-order valence-electron chi connectivity index (χ0n) is 13.8. The van der Waals surface area contributed by atoms with E-state index >= 15 is 0 Å². The molecule has 1 aliphatic heterocycles. The zero-order valence-corrected chi connectivity index (χ0v) is 17.6. The first-order valence-electron chi connectivity index (χ1n) is 8.27. The van der Waals surface area contributed by atoms with Crippen molar-refractivity contribution in [1.82, 2.24) is 9.29 Å². The Morgan fingerprint density at radius 3 is 2.73 bits per heavy atom. The molecule has 0 saturated carbocycles. The summed E-state index contributed by atoms with van der Waals surface area (Å²) in [5.41, 5.74) is 0.495. The van der Waals surface area contributed by atoms with Crippen molar-refractivity contribution in [2.75, 3.05) is 13.1 Å². The minimum Gasteiger partial charge on any atom is -0.245 e. The van der Waals surface area contributed by atoms with Crippen molar-refractivity contribution in [1.29, 1.82) is 0 Å². The first-order valence-corrected chi connectivity index (χ1v) is 11.6. The van der Waals surface area contributed by atoms with Crippen molar-refractivity contribution in [2.45, 2.75) is 24.2 Å². The number of pyridine rings is 1. The number of hydrogen-bond acceptors (Lipinski definition) is 4. The normalized spacial score (nSPS) is 15.8. The number of aromatic nitrogens is 1. The number of rotatable bonds is 4. The van der Waals surface area contributed by atoms with Gasteiger partial charge in [0.2, 0.25) is 10.0 Å². The molecule has 3 aromatic rings. The third-order valence-corrected chi connectivity index (χ3v) is 8.46. The molecule has 0 atom stereocenters. The van der Waals surface area contributed by atoms with Crippen molar-refractivity contribution in [3.05, 3.63) is 56.4 Å². The number of hydrogen-bond donors (Lipinski definition) is 0. The van der Waals surface area contributed by atoms with E-state index in [9.17, 15) is 12.8 Å². The molecular weight excluding hydrogens is 486 g/mol. The van der Waals surface area contributed by atoms with Crippen LogP contribution in [0.15, 0.2) is 41.4 Å². The third kappa shape index (κ3) is 3.28. The van der Waals surface area contributed by atoms with Crippen LogP contribution in [0.3, 0.4) is 0 Å². The van der Waals surface area contributed by atoms with Crippen molar-refractivity contribution in [3.63, 3.8) is 0 Å². The standard InChI is InChI=1S/C18H16FIN2O2S2/c19-15-11-13(20)6-5-12(15)10-16-17(14-4-3-7-21-18(14)25-16)26(23,24)22-8-1-2-9-22/h3-7,11H,1-2,8-10H2. The molecule has 0 spiro atoms. The van der Waals surface area contributed by atoms with Crippen LogP contribution < -0.4 is 0 Å². The van der Waals surface area contributed by atoms with Crippen LogP contribution >= 0.6 is 33.9 Å². The molecule has 136 valence electrons. The Kier molecular flexibility index (Phi) is 5.02. The van der Waals surface area contributed by atoms with Gasteiger partial charge >= 0.3 is 0 Å². The maximum absolute atomic E-state index is 14.3. The maximum atomic E-state index is 14.3. The van der Waals surface area contributed by atoms with Gasteiger partial charge in [0.25, 0.3) is 0 Å². The molecule has 0 N–H and O–H groups in total. The van der Waals surface area contributed by atoms with Crippen LogP contribution in [0, 0.1) is 9.39 Å². The first kappa shape index (κ1) is 18.3. The summed E-state index contributed by atoms with van der Waals surface area (Å²) < 4.78 is 43.2. The fourth-order valence-electron chi connectivity index (χ4n) is 3.25. The van der Waals surface area contributed by atoms with Crippen LogP contribution in [-0.2, 0) is 16.4 Å². The molecule has 0 unspecified atom stereocenters. The largest absolute Gasteiger partial charge is 0.245 e. The number of halogens is 2. The van der Waals surface area contributed by atoms with E-state index in [2.05, 4.69) is 27.6 Å². The smallest absolute Gasteiger partial charge is 0.244 e. The van der Waals surface area contributed by atoms with E-state index in [4.69, 9.17) is 0 Å². The second-order valence-corrected chi connectivity index (χ2v) is 10.4. The third-order valence-electron chi connectivity index (χ3n) is 4.52.